The molecule has 1 aliphatic carbocycles. The van der Waals surface area contributed by atoms with Crippen molar-refractivity contribution in [2.45, 2.75) is 31.3 Å². The number of amidine groups is 1. The average Bonchev–Trinajstić information content (AvgIpc) is 3.57. The number of amides is 1. The molecule has 0 bridgehead atoms. The number of carbonyl (C=O) groups is 1. The fourth-order valence-electron chi connectivity index (χ4n) is 4.35. The molecule has 1 aliphatic heterocycles. The van der Waals surface area contributed by atoms with Crippen molar-refractivity contribution in [2.24, 2.45) is 10.7 Å². The number of carbonyl (C=O) groups excluding carboxylic acids is 1. The zero-order chi connectivity index (χ0) is 24.6. The molecule has 0 spiro atoms. The van der Waals surface area contributed by atoms with Gasteiger partial charge >= 0.3 is 0 Å². The zero-order valence-corrected chi connectivity index (χ0v) is 20.0. The SMILES string of the molecule is CN1CC[C@@](O)(c2cccc(-c3nc(-c4ccnc(/N=C(N)\C=C5\CCCC5=N)n4)cs3)c2)C1=O. The molecule has 2 aromatic heterocycles. The third-order valence-electron chi connectivity index (χ3n) is 6.32. The van der Waals surface area contributed by atoms with E-state index in [9.17, 15) is 9.90 Å². The summed E-state index contributed by atoms with van der Waals surface area (Å²) in [4.78, 5) is 31.7. The number of aromatic nitrogens is 3. The Morgan fingerprint density at radius 1 is 1.29 bits per heavy atom. The van der Waals surface area contributed by atoms with Gasteiger partial charge in [-0.1, -0.05) is 18.2 Å². The number of aliphatic imine (C=N–C) groups is 1. The molecule has 0 radical (unpaired) electrons. The van der Waals surface area contributed by atoms with E-state index in [4.69, 9.17) is 16.1 Å². The van der Waals surface area contributed by atoms with Gasteiger partial charge in [-0.15, -0.1) is 11.3 Å². The van der Waals surface area contributed by atoms with Gasteiger partial charge in [0.1, 0.15) is 16.5 Å². The first kappa shape index (κ1) is 23.0. The highest BCUT2D eigenvalue weighted by Gasteiger charge is 2.45. The van der Waals surface area contributed by atoms with E-state index < -0.39 is 5.60 Å². The predicted molar refractivity (Wildman–Crippen MR) is 136 cm³/mol. The molecular weight excluding hydrogens is 462 g/mol. The van der Waals surface area contributed by atoms with Crippen molar-refractivity contribution in [3.8, 4) is 22.0 Å². The molecule has 1 amide bonds. The van der Waals surface area contributed by atoms with E-state index in [1.54, 1.807) is 36.4 Å². The lowest BCUT2D eigenvalue weighted by atomic mass is 9.91. The molecule has 4 N–H and O–H groups in total. The standard InChI is InChI=1S/C25H25N7O2S/c1-32-11-9-25(34,23(32)33)17-6-2-5-16(12-17)22-29-20(14-35-22)19-8-10-28-24(30-19)31-21(27)13-15-4-3-7-18(15)26/h2,5-6,8,10,12-14,26,34H,3-4,7,9,11H2,1H3,(H2,27,28,30,31)/b15-13-,26-18?/t25-/m1/s1. The Hall–Kier alpha value is -3.76. The summed E-state index contributed by atoms with van der Waals surface area (Å²) in [5.41, 5.74) is 8.72. The van der Waals surface area contributed by atoms with Crippen LogP contribution < -0.4 is 5.73 Å². The monoisotopic (exact) mass is 487 g/mol. The molecule has 9 nitrogen and oxygen atoms in total. The van der Waals surface area contributed by atoms with Crippen molar-refractivity contribution in [1.82, 2.24) is 19.9 Å². The van der Waals surface area contributed by atoms with Crippen LogP contribution in [0.4, 0.5) is 5.95 Å². The minimum absolute atomic E-state index is 0.226. The van der Waals surface area contributed by atoms with Crippen LogP contribution in [0.2, 0.25) is 0 Å². The quantitative estimate of drug-likeness (QED) is 0.372. The van der Waals surface area contributed by atoms with E-state index in [-0.39, 0.29) is 17.7 Å². The third kappa shape index (κ3) is 4.50. The minimum atomic E-state index is -1.50. The highest BCUT2D eigenvalue weighted by molar-refractivity contribution is 7.13. The van der Waals surface area contributed by atoms with E-state index >= 15 is 0 Å². The molecule has 178 valence electrons. The molecule has 0 unspecified atom stereocenters. The molecule has 2 fully saturated rings. The Morgan fingerprint density at radius 2 is 2.14 bits per heavy atom. The number of hydrogen-bond acceptors (Lipinski definition) is 8. The van der Waals surface area contributed by atoms with Gasteiger partial charge in [-0.05, 0) is 48.6 Å². The number of aliphatic hydroxyl groups is 1. The van der Waals surface area contributed by atoms with Crippen LogP contribution in [-0.4, -0.2) is 56.0 Å². The van der Waals surface area contributed by atoms with Crippen molar-refractivity contribution in [2.75, 3.05) is 13.6 Å². The summed E-state index contributed by atoms with van der Waals surface area (Å²) in [7, 11) is 1.70. The molecule has 10 heteroatoms. The summed E-state index contributed by atoms with van der Waals surface area (Å²) < 4.78 is 0. The van der Waals surface area contributed by atoms with Crippen LogP contribution in [0.1, 0.15) is 31.2 Å². The number of nitrogens with one attached hydrogen (secondary N) is 1. The molecule has 5 rings (SSSR count). The van der Waals surface area contributed by atoms with Crippen LogP contribution in [0.25, 0.3) is 22.0 Å². The lowest BCUT2D eigenvalue weighted by Crippen LogP contribution is -2.36. The third-order valence-corrected chi connectivity index (χ3v) is 7.21. The Labute approximate surface area is 206 Å². The summed E-state index contributed by atoms with van der Waals surface area (Å²) in [6, 6.07) is 9.09. The first-order chi connectivity index (χ1) is 16.8. The second-order valence-corrected chi connectivity index (χ2v) is 9.59. The summed E-state index contributed by atoms with van der Waals surface area (Å²) in [6.07, 6.45) is 6.26. The van der Waals surface area contributed by atoms with Gasteiger partial charge < -0.3 is 21.1 Å². The zero-order valence-electron chi connectivity index (χ0n) is 19.2. The van der Waals surface area contributed by atoms with E-state index in [1.807, 2.05) is 23.6 Å². The fraction of sp³-hybridized carbons (Fsp3) is 0.280. The Morgan fingerprint density at radius 3 is 2.89 bits per heavy atom. The molecule has 3 aromatic rings. The topological polar surface area (TPSA) is 141 Å². The van der Waals surface area contributed by atoms with Gasteiger partial charge in [0, 0.05) is 42.9 Å². The molecule has 35 heavy (non-hydrogen) atoms. The maximum atomic E-state index is 12.5. The van der Waals surface area contributed by atoms with Gasteiger partial charge in [-0.2, -0.15) is 4.99 Å². The van der Waals surface area contributed by atoms with Crippen LogP contribution >= 0.6 is 11.3 Å². The lowest BCUT2D eigenvalue weighted by Gasteiger charge is -2.21. The molecule has 1 atom stereocenters. The van der Waals surface area contributed by atoms with Crippen molar-refractivity contribution in [3.05, 3.63) is 59.1 Å². The average molecular weight is 488 g/mol. The number of benzene rings is 1. The number of hydrogen-bond donors (Lipinski definition) is 3. The highest BCUT2D eigenvalue weighted by Crippen LogP contribution is 2.36. The fourth-order valence-corrected chi connectivity index (χ4v) is 5.16. The second kappa shape index (κ2) is 9.12. The largest absolute Gasteiger partial charge is 0.384 e. The van der Waals surface area contributed by atoms with Gasteiger partial charge in [-0.25, -0.2) is 15.0 Å². The number of nitrogens with zero attached hydrogens (tertiary/aromatic N) is 5. The molecule has 1 saturated carbocycles. The van der Waals surface area contributed by atoms with E-state index in [0.717, 1.165) is 35.4 Å². The molecule has 2 aliphatic rings. The molecule has 1 aromatic carbocycles. The summed E-state index contributed by atoms with van der Waals surface area (Å²) in [5.74, 6) is 0.205. The van der Waals surface area contributed by atoms with Crippen LogP contribution in [0.3, 0.4) is 0 Å². The van der Waals surface area contributed by atoms with Crippen molar-refractivity contribution < 1.29 is 9.90 Å². The van der Waals surface area contributed by atoms with Crippen LogP contribution in [0.5, 0.6) is 0 Å². The summed E-state index contributed by atoms with van der Waals surface area (Å²) >= 11 is 1.45. The van der Waals surface area contributed by atoms with E-state index in [2.05, 4.69) is 15.0 Å². The molecular formula is C25H25N7O2S. The first-order valence-electron chi connectivity index (χ1n) is 11.3. The Kier molecular flexibility index (Phi) is 6.00. The van der Waals surface area contributed by atoms with Crippen LogP contribution in [-0.2, 0) is 10.4 Å². The molecule has 3 heterocycles. The van der Waals surface area contributed by atoms with Crippen LogP contribution in [0, 0.1) is 5.41 Å². The maximum Gasteiger partial charge on any atom is 0.258 e. The smallest absolute Gasteiger partial charge is 0.258 e. The van der Waals surface area contributed by atoms with Gasteiger partial charge in [0.15, 0.2) is 5.60 Å². The second-order valence-electron chi connectivity index (χ2n) is 8.74. The van der Waals surface area contributed by atoms with Gasteiger partial charge in [-0.3, -0.25) is 4.79 Å². The van der Waals surface area contributed by atoms with Crippen LogP contribution in [0.15, 0.2) is 58.6 Å². The van der Waals surface area contributed by atoms with E-state index in [1.165, 1.54) is 11.3 Å². The van der Waals surface area contributed by atoms with Gasteiger partial charge in [0.2, 0.25) is 0 Å². The number of likely N-dealkylation sites (tertiary alicyclic amines) is 1. The number of thiazole rings is 1. The number of nitrogens with two attached hydrogens (primary N) is 1. The lowest BCUT2D eigenvalue weighted by molar-refractivity contribution is -0.143. The number of likely N-dealkylation sites (N-methyl/N-ethyl adjacent to an activating group) is 1. The van der Waals surface area contributed by atoms with Crippen molar-refractivity contribution >= 4 is 34.7 Å². The maximum absolute atomic E-state index is 12.5. The predicted octanol–water partition coefficient (Wildman–Crippen LogP) is 3.44. The number of allylic oxidation sites excluding steroid dienone is 1. The van der Waals surface area contributed by atoms with Crippen molar-refractivity contribution in [3.63, 3.8) is 0 Å². The Bertz CT molecular complexity index is 1380. The van der Waals surface area contributed by atoms with Crippen molar-refractivity contribution in [1.29, 1.82) is 5.41 Å². The van der Waals surface area contributed by atoms with Gasteiger partial charge in [0.25, 0.3) is 11.9 Å². The normalized spacial score (nSPS) is 21.9. The number of rotatable bonds is 5. The highest BCUT2D eigenvalue weighted by atomic mass is 32.1. The van der Waals surface area contributed by atoms with Gasteiger partial charge in [0.05, 0.1) is 5.69 Å². The first-order valence-corrected chi connectivity index (χ1v) is 12.2. The van der Waals surface area contributed by atoms with E-state index in [0.29, 0.717) is 35.6 Å². The minimum Gasteiger partial charge on any atom is -0.384 e. The summed E-state index contributed by atoms with van der Waals surface area (Å²) in [6.45, 7) is 0.517. The Balaban J connectivity index is 1.39. The molecule has 1 saturated heterocycles. The summed E-state index contributed by atoms with van der Waals surface area (Å²) in [5, 5.41) is 21.6.